The lowest BCUT2D eigenvalue weighted by atomic mass is 9.99. The van der Waals surface area contributed by atoms with Crippen molar-refractivity contribution in [3.63, 3.8) is 0 Å². The largest absolute Gasteiger partial charge is 0.481 e. The second-order valence-electron chi connectivity index (χ2n) is 7.42. The van der Waals surface area contributed by atoms with Crippen molar-refractivity contribution in [3.8, 4) is 0 Å². The molecule has 2 heterocycles. The zero-order chi connectivity index (χ0) is 20.5. The van der Waals surface area contributed by atoms with E-state index < -0.39 is 15.8 Å². The minimum atomic E-state index is -3.12. The summed E-state index contributed by atoms with van der Waals surface area (Å²) in [7, 11) is -3.12. The highest BCUT2D eigenvalue weighted by Crippen LogP contribution is 2.43. The summed E-state index contributed by atoms with van der Waals surface area (Å²) < 4.78 is 24.3. The molecule has 9 heteroatoms. The molecule has 2 atom stereocenters. The Morgan fingerprint density at radius 3 is 2.64 bits per heavy atom. The molecule has 0 aromatic heterocycles. The van der Waals surface area contributed by atoms with Gasteiger partial charge in [-0.25, -0.2) is 8.42 Å². The van der Waals surface area contributed by atoms with Crippen LogP contribution in [0.4, 0.5) is 5.69 Å². The predicted octanol–water partition coefficient (Wildman–Crippen LogP) is 2.67. The molecule has 7 nitrogen and oxygen atoms in total. The van der Waals surface area contributed by atoms with Gasteiger partial charge in [0.05, 0.1) is 17.5 Å². The van der Waals surface area contributed by atoms with Gasteiger partial charge in [0, 0.05) is 23.8 Å². The highest BCUT2D eigenvalue weighted by Gasteiger charge is 2.49. The van der Waals surface area contributed by atoms with Crippen LogP contribution in [0.2, 0.25) is 0 Å². The second kappa shape index (κ2) is 8.24. The Kier molecular flexibility index (Phi) is 6.14. The Balaban J connectivity index is 1.93. The molecular formula is C19H24N2O5S2. The number of hydrogen-bond acceptors (Lipinski definition) is 5. The zero-order valence-electron chi connectivity index (χ0n) is 15.9. The fourth-order valence-electron chi connectivity index (χ4n) is 3.59. The van der Waals surface area contributed by atoms with Crippen LogP contribution in [0.5, 0.6) is 0 Å². The summed E-state index contributed by atoms with van der Waals surface area (Å²) in [6.45, 7) is 4.14. The lowest BCUT2D eigenvalue weighted by molar-refractivity contribution is -0.137. The van der Waals surface area contributed by atoms with E-state index in [4.69, 9.17) is 5.11 Å². The molecular weight excluding hydrogens is 400 g/mol. The van der Waals surface area contributed by atoms with E-state index in [1.165, 1.54) is 11.8 Å². The number of aliphatic carboxylic acids is 1. The van der Waals surface area contributed by atoms with Gasteiger partial charge in [-0.3, -0.25) is 9.59 Å². The highest BCUT2D eigenvalue weighted by molar-refractivity contribution is 8.16. The van der Waals surface area contributed by atoms with Crippen LogP contribution in [0, 0.1) is 0 Å². The monoisotopic (exact) mass is 424 g/mol. The van der Waals surface area contributed by atoms with Gasteiger partial charge in [0.1, 0.15) is 0 Å². The number of hydrogen-bond donors (Lipinski definition) is 1. The number of fused-ring (bicyclic) bond motifs is 1. The fourth-order valence-corrected chi connectivity index (χ4v) is 7.52. The van der Waals surface area contributed by atoms with Gasteiger partial charge < -0.3 is 10.0 Å². The van der Waals surface area contributed by atoms with Crippen LogP contribution in [-0.2, 0) is 19.4 Å². The van der Waals surface area contributed by atoms with Crippen molar-refractivity contribution in [2.24, 2.45) is 4.99 Å². The van der Waals surface area contributed by atoms with E-state index in [9.17, 15) is 18.0 Å². The Morgan fingerprint density at radius 1 is 1.25 bits per heavy atom. The standard InChI is InChI=1S/C19H24N2O5S2/c1-12(2)13-6-3-4-7-14(13)21-15-10-28(25,26)11-16(15)27-19(21)20-17(22)8-5-9-18(23)24/h3-4,6-7,12,15-16H,5,8-11H2,1-2H3,(H,23,24)/t15-,16-/m0/s1. The number of benzene rings is 1. The first kappa shape index (κ1) is 20.9. The molecule has 2 aliphatic heterocycles. The number of thioether (sulfide) groups is 1. The number of carbonyl (C=O) groups excluding carboxylic acids is 1. The topological polar surface area (TPSA) is 104 Å². The summed E-state index contributed by atoms with van der Waals surface area (Å²) >= 11 is 1.33. The molecule has 0 aliphatic carbocycles. The average Bonchev–Trinajstić information content (AvgIpc) is 3.05. The Hall–Kier alpha value is -1.87. The van der Waals surface area contributed by atoms with Crippen molar-refractivity contribution in [2.75, 3.05) is 16.4 Å². The van der Waals surface area contributed by atoms with Crippen molar-refractivity contribution >= 4 is 44.3 Å². The summed E-state index contributed by atoms with van der Waals surface area (Å²) in [5, 5.41) is 9.08. The van der Waals surface area contributed by atoms with Crippen LogP contribution in [0.25, 0.3) is 0 Å². The number of carbonyl (C=O) groups is 2. The second-order valence-corrected chi connectivity index (χ2v) is 10.8. The summed E-state index contributed by atoms with van der Waals surface area (Å²) in [5.74, 6) is -0.967. The van der Waals surface area contributed by atoms with Gasteiger partial charge in [-0.15, -0.1) is 0 Å². The van der Waals surface area contributed by atoms with Crippen LogP contribution < -0.4 is 4.90 Å². The van der Waals surface area contributed by atoms with Crippen molar-refractivity contribution in [1.82, 2.24) is 0 Å². The third kappa shape index (κ3) is 4.57. The molecule has 0 unspecified atom stereocenters. The fraction of sp³-hybridized carbons (Fsp3) is 0.526. The van der Waals surface area contributed by atoms with Gasteiger partial charge in [0.2, 0.25) is 5.91 Å². The van der Waals surface area contributed by atoms with E-state index in [2.05, 4.69) is 18.8 Å². The third-order valence-corrected chi connectivity index (χ3v) is 8.10. The maximum absolute atomic E-state index is 12.3. The molecule has 2 fully saturated rings. The number of amides is 1. The van der Waals surface area contributed by atoms with Crippen LogP contribution in [0.3, 0.4) is 0 Å². The maximum Gasteiger partial charge on any atom is 0.303 e. The summed E-state index contributed by atoms with van der Waals surface area (Å²) in [6.07, 6.45) is 0.218. The van der Waals surface area contributed by atoms with Crippen LogP contribution in [0.15, 0.2) is 29.3 Å². The van der Waals surface area contributed by atoms with E-state index >= 15 is 0 Å². The molecule has 0 bridgehead atoms. The average molecular weight is 425 g/mol. The van der Waals surface area contributed by atoms with Gasteiger partial charge in [0.15, 0.2) is 15.0 Å². The van der Waals surface area contributed by atoms with Crippen molar-refractivity contribution < 1.29 is 23.1 Å². The number of aliphatic imine (C=N–C) groups is 1. The van der Waals surface area contributed by atoms with Crippen molar-refractivity contribution in [2.45, 2.75) is 50.3 Å². The van der Waals surface area contributed by atoms with Crippen LogP contribution >= 0.6 is 11.8 Å². The van der Waals surface area contributed by atoms with E-state index in [0.717, 1.165) is 11.3 Å². The molecule has 2 saturated heterocycles. The van der Waals surface area contributed by atoms with Crippen molar-refractivity contribution in [3.05, 3.63) is 29.8 Å². The summed E-state index contributed by atoms with van der Waals surface area (Å²) in [5.41, 5.74) is 1.95. The van der Waals surface area contributed by atoms with Gasteiger partial charge in [-0.1, -0.05) is 43.8 Å². The molecule has 0 spiro atoms. The molecule has 1 amide bonds. The van der Waals surface area contributed by atoms with E-state index in [-0.39, 0.29) is 53.9 Å². The minimum Gasteiger partial charge on any atom is -0.481 e. The third-order valence-electron chi connectivity index (χ3n) is 4.89. The zero-order valence-corrected chi connectivity index (χ0v) is 17.5. The van der Waals surface area contributed by atoms with Crippen LogP contribution in [0.1, 0.15) is 44.6 Å². The normalized spacial score (nSPS) is 24.7. The number of carboxylic acid groups (broad SMARTS) is 1. The number of carboxylic acids is 1. The van der Waals surface area contributed by atoms with Crippen molar-refractivity contribution in [1.29, 1.82) is 0 Å². The number of para-hydroxylation sites is 1. The SMILES string of the molecule is CC(C)c1ccccc1N1C(=NC(=O)CCCC(=O)O)S[C@H]2CS(=O)(=O)C[C@@H]21. The molecule has 3 rings (SSSR count). The number of sulfone groups is 1. The predicted molar refractivity (Wildman–Crippen MR) is 111 cm³/mol. The minimum absolute atomic E-state index is 0.0450. The first-order valence-corrected chi connectivity index (χ1v) is 12.0. The first-order valence-electron chi connectivity index (χ1n) is 9.26. The smallest absolute Gasteiger partial charge is 0.303 e. The Labute approximate surface area is 169 Å². The lowest BCUT2D eigenvalue weighted by Crippen LogP contribution is -2.38. The van der Waals surface area contributed by atoms with Gasteiger partial charge in [0.25, 0.3) is 0 Å². The molecule has 0 radical (unpaired) electrons. The molecule has 1 aromatic carbocycles. The summed E-state index contributed by atoms with van der Waals surface area (Å²) in [4.78, 5) is 29.1. The van der Waals surface area contributed by atoms with Crippen LogP contribution in [-0.4, -0.2) is 53.4 Å². The molecule has 1 N–H and O–H groups in total. The number of rotatable bonds is 6. The summed E-state index contributed by atoms with van der Waals surface area (Å²) in [6, 6.07) is 7.54. The maximum atomic E-state index is 12.3. The molecule has 0 saturated carbocycles. The number of anilines is 1. The van der Waals surface area contributed by atoms with E-state index in [0.29, 0.717) is 5.17 Å². The molecule has 1 aromatic rings. The Morgan fingerprint density at radius 2 is 1.96 bits per heavy atom. The first-order chi connectivity index (χ1) is 13.2. The van der Waals surface area contributed by atoms with E-state index in [1.54, 1.807) is 0 Å². The van der Waals surface area contributed by atoms with Gasteiger partial charge >= 0.3 is 5.97 Å². The molecule has 28 heavy (non-hydrogen) atoms. The molecule has 152 valence electrons. The quantitative estimate of drug-likeness (QED) is 0.748. The molecule has 2 aliphatic rings. The number of nitrogens with zero attached hydrogens (tertiary/aromatic N) is 2. The van der Waals surface area contributed by atoms with Gasteiger partial charge in [-0.05, 0) is 24.0 Å². The van der Waals surface area contributed by atoms with E-state index in [1.807, 2.05) is 29.2 Å². The number of amidine groups is 1. The highest BCUT2D eigenvalue weighted by atomic mass is 32.2. The van der Waals surface area contributed by atoms with Gasteiger partial charge in [-0.2, -0.15) is 4.99 Å². The Bertz CT molecular complexity index is 911. The lowest BCUT2D eigenvalue weighted by Gasteiger charge is -2.28.